The quantitative estimate of drug-likeness (QED) is 0.675. The maximum Gasteiger partial charge on any atom is 0.0234 e. The van der Waals surface area contributed by atoms with Crippen LogP contribution in [0.15, 0.2) is 17.0 Å². The topological polar surface area (TPSA) is 3.24 Å². The van der Waals surface area contributed by atoms with Gasteiger partial charge in [-0.05, 0) is 59.7 Å². The fourth-order valence-electron chi connectivity index (χ4n) is 3.56. The summed E-state index contributed by atoms with van der Waals surface area (Å²) in [6, 6.07) is 4.98. The number of benzene rings is 1. The molecule has 0 fully saturated rings. The summed E-state index contributed by atoms with van der Waals surface area (Å²) >= 11 is 2.10. The molecule has 0 saturated carbocycles. The second-order valence-corrected chi connectivity index (χ2v) is 8.67. The summed E-state index contributed by atoms with van der Waals surface area (Å²) in [7, 11) is 2.28. The van der Waals surface area contributed by atoms with E-state index < -0.39 is 0 Å². The van der Waals surface area contributed by atoms with Crippen LogP contribution in [0.1, 0.15) is 62.6 Å². The van der Waals surface area contributed by atoms with Gasteiger partial charge in [-0.3, -0.25) is 0 Å². The fourth-order valence-corrected chi connectivity index (χ4v) is 4.80. The molecule has 0 amide bonds. The Morgan fingerprint density at radius 1 is 1.20 bits per heavy atom. The van der Waals surface area contributed by atoms with Gasteiger partial charge in [0.2, 0.25) is 0 Å². The van der Waals surface area contributed by atoms with E-state index in [0.29, 0.717) is 0 Å². The van der Waals surface area contributed by atoms with Crippen molar-refractivity contribution in [3.63, 3.8) is 0 Å². The molecule has 1 unspecified atom stereocenters. The van der Waals surface area contributed by atoms with Crippen molar-refractivity contribution in [2.75, 3.05) is 19.3 Å². The Balaban J connectivity index is 2.12. The molecule has 1 atom stereocenters. The van der Waals surface area contributed by atoms with Gasteiger partial charge in [0.1, 0.15) is 0 Å². The molecule has 0 aliphatic carbocycles. The summed E-state index contributed by atoms with van der Waals surface area (Å²) in [6.45, 7) is 9.37. The Morgan fingerprint density at radius 3 is 2.75 bits per heavy atom. The molecule has 20 heavy (non-hydrogen) atoms. The Bertz CT molecular complexity index is 484. The maximum atomic E-state index is 2.51. The van der Waals surface area contributed by atoms with Crippen LogP contribution >= 0.6 is 11.8 Å². The van der Waals surface area contributed by atoms with Crippen LogP contribution in [-0.4, -0.2) is 24.2 Å². The van der Waals surface area contributed by atoms with Crippen molar-refractivity contribution in [1.82, 2.24) is 4.90 Å². The van der Waals surface area contributed by atoms with E-state index in [9.17, 15) is 0 Å². The molecule has 2 heteroatoms. The third kappa shape index (κ3) is 2.78. The lowest BCUT2D eigenvalue weighted by Crippen LogP contribution is -2.32. The highest BCUT2D eigenvalue weighted by Gasteiger charge is 2.29. The van der Waals surface area contributed by atoms with Gasteiger partial charge < -0.3 is 4.90 Å². The maximum absolute atomic E-state index is 2.51. The largest absolute Gasteiger partial charge is 0.301 e. The van der Waals surface area contributed by atoms with Gasteiger partial charge in [0.05, 0.1) is 0 Å². The molecule has 0 N–H and O–H groups in total. The van der Waals surface area contributed by atoms with Gasteiger partial charge in [0.15, 0.2) is 0 Å². The summed E-state index contributed by atoms with van der Waals surface area (Å²) < 4.78 is 0. The van der Waals surface area contributed by atoms with E-state index in [0.717, 1.165) is 12.5 Å². The first-order chi connectivity index (χ1) is 9.45. The van der Waals surface area contributed by atoms with Crippen LogP contribution in [0.5, 0.6) is 0 Å². The molecule has 1 nitrogen and oxygen atoms in total. The normalized spacial score (nSPS) is 23.9. The van der Waals surface area contributed by atoms with Crippen LogP contribution in [0.3, 0.4) is 0 Å². The molecule has 3 rings (SSSR count). The fraction of sp³-hybridized carbons (Fsp3) is 0.667. The summed E-state index contributed by atoms with van der Waals surface area (Å²) in [5.41, 5.74) is 5.05. The zero-order chi connectivity index (χ0) is 14.3. The van der Waals surface area contributed by atoms with E-state index in [1.165, 1.54) is 37.1 Å². The van der Waals surface area contributed by atoms with Gasteiger partial charge in [-0.1, -0.05) is 33.3 Å². The number of nitrogens with zero attached hydrogens (tertiary/aromatic N) is 1. The van der Waals surface area contributed by atoms with E-state index in [1.54, 1.807) is 16.0 Å². The van der Waals surface area contributed by atoms with Gasteiger partial charge in [-0.2, -0.15) is 0 Å². The third-order valence-electron chi connectivity index (χ3n) is 4.68. The molecule has 0 aromatic heterocycles. The number of hydrogen-bond acceptors (Lipinski definition) is 2. The summed E-state index contributed by atoms with van der Waals surface area (Å²) in [6.07, 6.45) is 4.14. The van der Waals surface area contributed by atoms with E-state index >= 15 is 0 Å². The standard InChI is InChI=1S/C18H27NS/c1-18(2,3)15-9-14-12-19(4)11-13-7-5-6-8-20-16(10-15)17(13)14/h9-10,13H,5-8,11-12H2,1-4H3. The van der Waals surface area contributed by atoms with Crippen molar-refractivity contribution in [3.8, 4) is 0 Å². The minimum absolute atomic E-state index is 0.250. The first kappa shape index (κ1) is 14.5. The molecular weight excluding hydrogens is 262 g/mol. The van der Waals surface area contributed by atoms with E-state index in [1.807, 2.05) is 0 Å². The second-order valence-electron chi connectivity index (χ2n) is 7.54. The summed E-state index contributed by atoms with van der Waals surface area (Å²) in [4.78, 5) is 4.10. The molecule has 0 spiro atoms. The average molecular weight is 289 g/mol. The Labute approximate surface area is 128 Å². The highest BCUT2D eigenvalue weighted by atomic mass is 32.2. The van der Waals surface area contributed by atoms with Gasteiger partial charge in [-0.15, -0.1) is 11.8 Å². The average Bonchev–Trinajstić information content (AvgIpc) is 2.32. The van der Waals surface area contributed by atoms with Crippen molar-refractivity contribution >= 4 is 11.8 Å². The predicted octanol–water partition coefficient (Wildman–Crippen LogP) is 4.79. The van der Waals surface area contributed by atoms with Gasteiger partial charge in [0.25, 0.3) is 0 Å². The molecule has 2 aliphatic heterocycles. The van der Waals surface area contributed by atoms with Crippen molar-refractivity contribution in [3.05, 3.63) is 28.8 Å². The first-order valence-electron chi connectivity index (χ1n) is 7.94. The van der Waals surface area contributed by atoms with Gasteiger partial charge in [0, 0.05) is 18.0 Å². The molecule has 2 aliphatic rings. The molecule has 110 valence electrons. The van der Waals surface area contributed by atoms with Crippen molar-refractivity contribution < 1.29 is 0 Å². The highest BCUT2D eigenvalue weighted by molar-refractivity contribution is 7.99. The SMILES string of the molecule is CN1Cc2cc(C(C)(C)C)cc3c2C(CCCCS3)C1. The van der Waals surface area contributed by atoms with Crippen molar-refractivity contribution in [2.24, 2.45) is 0 Å². The van der Waals surface area contributed by atoms with E-state index in [-0.39, 0.29) is 5.41 Å². The summed E-state index contributed by atoms with van der Waals surface area (Å²) in [5, 5.41) is 0. The lowest BCUT2D eigenvalue weighted by Gasteiger charge is -2.36. The van der Waals surface area contributed by atoms with E-state index in [2.05, 4.69) is 56.6 Å². The van der Waals surface area contributed by atoms with Crippen molar-refractivity contribution in [1.29, 1.82) is 0 Å². The third-order valence-corrected chi connectivity index (χ3v) is 5.82. The molecule has 0 bridgehead atoms. The van der Waals surface area contributed by atoms with Gasteiger partial charge in [-0.25, -0.2) is 0 Å². The molecule has 2 heterocycles. The lowest BCUT2D eigenvalue weighted by atomic mass is 9.80. The van der Waals surface area contributed by atoms with Crippen LogP contribution < -0.4 is 0 Å². The van der Waals surface area contributed by atoms with E-state index in [4.69, 9.17) is 0 Å². The van der Waals surface area contributed by atoms with Crippen LogP contribution in [0.25, 0.3) is 0 Å². The number of rotatable bonds is 0. The highest BCUT2D eigenvalue weighted by Crippen LogP contribution is 2.42. The number of hydrogen-bond donors (Lipinski definition) is 0. The first-order valence-corrected chi connectivity index (χ1v) is 8.92. The lowest BCUT2D eigenvalue weighted by molar-refractivity contribution is 0.269. The zero-order valence-electron chi connectivity index (χ0n) is 13.3. The number of thioether (sulfide) groups is 1. The predicted molar refractivity (Wildman–Crippen MR) is 88.8 cm³/mol. The Kier molecular flexibility index (Phi) is 3.89. The Morgan fingerprint density at radius 2 is 2.00 bits per heavy atom. The van der Waals surface area contributed by atoms with Gasteiger partial charge >= 0.3 is 0 Å². The minimum Gasteiger partial charge on any atom is -0.301 e. The Hall–Kier alpha value is -0.470. The number of likely N-dealkylation sites (N-methyl/N-ethyl adjacent to an activating group) is 1. The van der Waals surface area contributed by atoms with Crippen LogP contribution in [-0.2, 0) is 12.0 Å². The van der Waals surface area contributed by atoms with Crippen LogP contribution in [0.2, 0.25) is 0 Å². The summed E-state index contributed by atoms with van der Waals surface area (Å²) in [5.74, 6) is 2.06. The molecule has 1 aromatic carbocycles. The monoisotopic (exact) mass is 289 g/mol. The zero-order valence-corrected chi connectivity index (χ0v) is 14.1. The minimum atomic E-state index is 0.250. The van der Waals surface area contributed by atoms with Crippen LogP contribution in [0.4, 0.5) is 0 Å². The second kappa shape index (κ2) is 5.38. The molecule has 1 aromatic rings. The van der Waals surface area contributed by atoms with Crippen molar-refractivity contribution in [2.45, 2.75) is 62.8 Å². The molecule has 0 radical (unpaired) electrons. The molecular formula is C18H27NS. The smallest absolute Gasteiger partial charge is 0.0234 e. The molecule has 0 saturated heterocycles. The van der Waals surface area contributed by atoms with Crippen LogP contribution in [0, 0.1) is 0 Å².